The molecule has 2 amide bonds. The van der Waals surface area contributed by atoms with E-state index in [1.807, 2.05) is 12.1 Å². The van der Waals surface area contributed by atoms with Crippen LogP contribution in [-0.4, -0.2) is 29.3 Å². The van der Waals surface area contributed by atoms with Gasteiger partial charge in [-0.3, -0.25) is 14.5 Å². The highest BCUT2D eigenvalue weighted by Gasteiger charge is 2.35. The van der Waals surface area contributed by atoms with E-state index in [4.69, 9.17) is 17.3 Å². The van der Waals surface area contributed by atoms with Gasteiger partial charge in [0, 0.05) is 17.6 Å². The van der Waals surface area contributed by atoms with Gasteiger partial charge in [0.05, 0.1) is 11.1 Å². The Labute approximate surface area is 133 Å². The molecule has 0 fully saturated rings. The van der Waals surface area contributed by atoms with Crippen LogP contribution in [0.4, 0.5) is 0 Å². The average Bonchev–Trinajstić information content (AvgIpc) is 2.75. The average molecular weight is 315 g/mol. The van der Waals surface area contributed by atoms with Crippen LogP contribution in [0.15, 0.2) is 48.5 Å². The number of nitrogens with zero attached hydrogens (tertiary/aromatic N) is 1. The molecule has 1 atom stereocenters. The van der Waals surface area contributed by atoms with Crippen LogP contribution >= 0.6 is 11.6 Å². The molecule has 0 aliphatic carbocycles. The third-order valence-electron chi connectivity index (χ3n) is 3.71. The van der Waals surface area contributed by atoms with E-state index >= 15 is 0 Å². The molecule has 0 saturated heterocycles. The highest BCUT2D eigenvalue weighted by atomic mass is 35.5. The monoisotopic (exact) mass is 314 g/mol. The van der Waals surface area contributed by atoms with Crippen molar-refractivity contribution in [3.8, 4) is 0 Å². The van der Waals surface area contributed by atoms with Crippen molar-refractivity contribution in [2.75, 3.05) is 6.54 Å². The minimum atomic E-state index is -0.316. The molecule has 1 aliphatic heterocycles. The maximum atomic E-state index is 12.3. The van der Waals surface area contributed by atoms with Crippen molar-refractivity contribution in [3.63, 3.8) is 0 Å². The number of benzene rings is 2. The van der Waals surface area contributed by atoms with E-state index in [9.17, 15) is 9.59 Å². The zero-order valence-electron chi connectivity index (χ0n) is 11.8. The first-order chi connectivity index (χ1) is 10.6. The molecule has 4 nitrogen and oxygen atoms in total. The van der Waals surface area contributed by atoms with Crippen molar-refractivity contribution in [1.82, 2.24) is 4.90 Å². The summed E-state index contributed by atoms with van der Waals surface area (Å²) in [6.07, 6.45) is 0.574. The molecule has 0 aromatic heterocycles. The van der Waals surface area contributed by atoms with Gasteiger partial charge in [-0.05, 0) is 36.2 Å². The summed E-state index contributed by atoms with van der Waals surface area (Å²) >= 11 is 5.85. The van der Waals surface area contributed by atoms with Crippen molar-refractivity contribution < 1.29 is 9.59 Å². The van der Waals surface area contributed by atoms with Gasteiger partial charge in [0.2, 0.25) is 0 Å². The van der Waals surface area contributed by atoms with Gasteiger partial charge in [0.1, 0.15) is 0 Å². The van der Waals surface area contributed by atoms with Crippen molar-refractivity contribution in [2.24, 2.45) is 5.73 Å². The van der Waals surface area contributed by atoms with E-state index in [0.717, 1.165) is 5.56 Å². The van der Waals surface area contributed by atoms with Gasteiger partial charge in [-0.1, -0.05) is 35.9 Å². The van der Waals surface area contributed by atoms with Crippen molar-refractivity contribution >= 4 is 23.4 Å². The molecule has 2 aromatic carbocycles. The van der Waals surface area contributed by atoms with Gasteiger partial charge in [-0.2, -0.15) is 0 Å². The third-order valence-corrected chi connectivity index (χ3v) is 3.96. The Morgan fingerprint density at radius 2 is 1.50 bits per heavy atom. The van der Waals surface area contributed by atoms with Gasteiger partial charge in [-0.25, -0.2) is 0 Å². The Morgan fingerprint density at radius 3 is 2.05 bits per heavy atom. The SMILES string of the molecule is N[C@@H](Cc1ccc(Cl)cc1)CN1C(=O)c2ccccc2C1=O. The quantitative estimate of drug-likeness (QED) is 0.882. The van der Waals surface area contributed by atoms with E-state index < -0.39 is 0 Å². The van der Waals surface area contributed by atoms with Crippen LogP contribution in [0, 0.1) is 0 Å². The molecule has 0 saturated carbocycles. The minimum Gasteiger partial charge on any atom is -0.326 e. The number of hydrogen-bond acceptors (Lipinski definition) is 3. The summed E-state index contributed by atoms with van der Waals surface area (Å²) in [5.41, 5.74) is 8.03. The molecule has 2 N–H and O–H groups in total. The second-order valence-corrected chi connectivity index (χ2v) is 5.79. The Bertz CT molecular complexity index is 693. The summed E-state index contributed by atoms with van der Waals surface area (Å²) in [5, 5.41) is 0.665. The summed E-state index contributed by atoms with van der Waals surface area (Å²) in [6.45, 7) is 0.203. The lowest BCUT2D eigenvalue weighted by Crippen LogP contribution is -2.41. The normalized spacial score (nSPS) is 15.1. The number of hydrogen-bond donors (Lipinski definition) is 1. The van der Waals surface area contributed by atoms with E-state index in [0.29, 0.717) is 22.6 Å². The molecular weight excluding hydrogens is 300 g/mol. The molecule has 1 heterocycles. The zero-order chi connectivity index (χ0) is 15.7. The maximum absolute atomic E-state index is 12.3. The van der Waals surface area contributed by atoms with Gasteiger partial charge in [-0.15, -0.1) is 0 Å². The predicted octanol–water partition coefficient (Wildman–Crippen LogP) is 2.51. The second-order valence-electron chi connectivity index (χ2n) is 5.36. The maximum Gasteiger partial charge on any atom is 0.261 e. The number of fused-ring (bicyclic) bond motifs is 1. The number of carbonyl (C=O) groups is 2. The van der Waals surface area contributed by atoms with Crippen molar-refractivity contribution in [3.05, 3.63) is 70.2 Å². The molecule has 0 bridgehead atoms. The molecule has 3 rings (SSSR count). The standard InChI is InChI=1S/C17H15ClN2O2/c18-12-7-5-11(6-8-12)9-13(19)10-20-16(21)14-3-1-2-4-15(14)17(20)22/h1-8,13H,9-10,19H2/t13-/m0/s1. The fourth-order valence-corrected chi connectivity index (χ4v) is 2.75. The summed E-state index contributed by atoms with van der Waals surface area (Å²) in [7, 11) is 0. The first-order valence-corrected chi connectivity index (χ1v) is 7.39. The second kappa shape index (κ2) is 5.91. The van der Waals surface area contributed by atoms with E-state index in [-0.39, 0.29) is 24.4 Å². The van der Waals surface area contributed by atoms with E-state index in [1.54, 1.807) is 36.4 Å². The summed E-state index contributed by atoms with van der Waals surface area (Å²) in [4.78, 5) is 25.8. The highest BCUT2D eigenvalue weighted by Crippen LogP contribution is 2.22. The van der Waals surface area contributed by atoms with Crippen LogP contribution in [0.3, 0.4) is 0 Å². The lowest BCUT2D eigenvalue weighted by atomic mass is 10.1. The van der Waals surface area contributed by atoms with Crippen molar-refractivity contribution in [1.29, 1.82) is 0 Å². The number of nitrogens with two attached hydrogens (primary N) is 1. The number of halogens is 1. The molecule has 2 aromatic rings. The van der Waals surface area contributed by atoms with Gasteiger partial charge >= 0.3 is 0 Å². The molecule has 5 heteroatoms. The van der Waals surface area contributed by atoms with Crippen LogP contribution in [-0.2, 0) is 6.42 Å². The van der Waals surface area contributed by atoms with E-state index in [2.05, 4.69) is 0 Å². The minimum absolute atomic E-state index is 0.203. The Morgan fingerprint density at radius 1 is 0.955 bits per heavy atom. The lowest BCUT2D eigenvalue weighted by Gasteiger charge is -2.19. The smallest absolute Gasteiger partial charge is 0.261 e. The molecular formula is C17H15ClN2O2. The summed E-state index contributed by atoms with van der Waals surface area (Å²) in [6, 6.07) is 13.9. The summed E-state index contributed by atoms with van der Waals surface area (Å²) < 4.78 is 0. The number of imide groups is 1. The molecule has 1 aliphatic rings. The first-order valence-electron chi connectivity index (χ1n) is 7.01. The fourth-order valence-electron chi connectivity index (χ4n) is 2.63. The molecule has 0 spiro atoms. The Kier molecular flexibility index (Phi) is 3.96. The topological polar surface area (TPSA) is 63.4 Å². The third kappa shape index (κ3) is 2.75. The Hall–Kier alpha value is -2.17. The van der Waals surface area contributed by atoms with Gasteiger partial charge < -0.3 is 5.73 Å². The number of carbonyl (C=O) groups excluding carboxylic acids is 2. The highest BCUT2D eigenvalue weighted by molar-refractivity contribution is 6.30. The van der Waals surface area contributed by atoms with Crippen LogP contribution in [0.2, 0.25) is 5.02 Å². The fraction of sp³-hybridized carbons (Fsp3) is 0.176. The molecule has 0 radical (unpaired) electrons. The zero-order valence-corrected chi connectivity index (χ0v) is 12.6. The molecule has 22 heavy (non-hydrogen) atoms. The largest absolute Gasteiger partial charge is 0.326 e. The van der Waals surface area contributed by atoms with Crippen LogP contribution in [0.25, 0.3) is 0 Å². The summed E-state index contributed by atoms with van der Waals surface area (Å²) in [5.74, 6) is -0.542. The Balaban J connectivity index is 1.70. The van der Waals surface area contributed by atoms with Crippen LogP contribution < -0.4 is 5.73 Å². The van der Waals surface area contributed by atoms with Gasteiger partial charge in [0.25, 0.3) is 11.8 Å². The van der Waals surface area contributed by atoms with Crippen LogP contribution in [0.5, 0.6) is 0 Å². The van der Waals surface area contributed by atoms with Crippen LogP contribution in [0.1, 0.15) is 26.3 Å². The van der Waals surface area contributed by atoms with Crippen molar-refractivity contribution in [2.45, 2.75) is 12.5 Å². The first kappa shape index (κ1) is 14.8. The lowest BCUT2D eigenvalue weighted by molar-refractivity contribution is 0.0644. The molecule has 112 valence electrons. The molecule has 0 unspecified atom stereocenters. The number of rotatable bonds is 4. The number of amides is 2. The van der Waals surface area contributed by atoms with Gasteiger partial charge in [0.15, 0.2) is 0 Å². The van der Waals surface area contributed by atoms with E-state index in [1.165, 1.54) is 4.90 Å². The predicted molar refractivity (Wildman–Crippen MR) is 84.9 cm³/mol.